The first-order valence-electron chi connectivity index (χ1n) is 6.15. The summed E-state index contributed by atoms with van der Waals surface area (Å²) in [6.07, 6.45) is 4.85. The Morgan fingerprint density at radius 3 is 2.47 bits per heavy atom. The van der Waals surface area contributed by atoms with Gasteiger partial charge in [-0.15, -0.1) is 11.3 Å². The molecule has 2 fully saturated rings. The Morgan fingerprint density at radius 2 is 1.94 bits per heavy atom. The molecule has 4 nitrogen and oxygen atoms in total. The highest BCUT2D eigenvalue weighted by molar-refractivity contribution is 7.18. The van der Waals surface area contributed by atoms with E-state index in [2.05, 4.69) is 4.90 Å². The van der Waals surface area contributed by atoms with Crippen molar-refractivity contribution in [2.24, 2.45) is 5.73 Å². The Morgan fingerprint density at radius 1 is 1.29 bits per heavy atom. The van der Waals surface area contributed by atoms with Crippen LogP contribution in [0, 0.1) is 0 Å². The summed E-state index contributed by atoms with van der Waals surface area (Å²) in [4.78, 5) is 14.3. The summed E-state index contributed by atoms with van der Waals surface area (Å²) in [6, 6.07) is 0. The third-order valence-electron chi connectivity index (χ3n) is 3.57. The van der Waals surface area contributed by atoms with Crippen molar-refractivity contribution in [3.05, 3.63) is 10.4 Å². The number of anilines is 2. The zero-order valence-corrected chi connectivity index (χ0v) is 10.6. The van der Waals surface area contributed by atoms with Crippen LogP contribution in [0.5, 0.6) is 0 Å². The number of hydrogen-bond acceptors (Lipinski definition) is 4. The van der Waals surface area contributed by atoms with Crippen LogP contribution in [0.25, 0.3) is 0 Å². The van der Waals surface area contributed by atoms with Crippen LogP contribution in [0.4, 0.5) is 10.7 Å². The quantitative estimate of drug-likeness (QED) is 0.862. The van der Waals surface area contributed by atoms with Gasteiger partial charge in [0.05, 0.1) is 10.7 Å². The number of hydrogen-bond donors (Lipinski definition) is 2. The van der Waals surface area contributed by atoms with Gasteiger partial charge >= 0.3 is 0 Å². The lowest BCUT2D eigenvalue weighted by molar-refractivity contribution is 0.100. The fraction of sp³-hybridized carbons (Fsp3) is 0.583. The highest BCUT2D eigenvalue weighted by Gasteiger charge is 2.34. The molecule has 0 radical (unpaired) electrons. The predicted molar refractivity (Wildman–Crippen MR) is 70.7 cm³/mol. The Kier molecular flexibility index (Phi) is 2.50. The number of nitrogens with zero attached hydrogens (tertiary/aromatic N) is 1. The van der Waals surface area contributed by atoms with E-state index < -0.39 is 0 Å². The van der Waals surface area contributed by atoms with E-state index in [0.29, 0.717) is 16.5 Å². The molecule has 2 heterocycles. The molecule has 17 heavy (non-hydrogen) atoms. The van der Waals surface area contributed by atoms with Gasteiger partial charge in [0.1, 0.15) is 4.88 Å². The molecule has 0 aromatic carbocycles. The fourth-order valence-corrected chi connectivity index (χ4v) is 3.76. The SMILES string of the molecule is NC(=O)c1sc(N2CCCC2)c(C2CC2)c1N. The first-order chi connectivity index (χ1) is 8.18. The molecule has 4 N–H and O–H groups in total. The number of carbonyl (C=O) groups excluding carboxylic acids is 1. The van der Waals surface area contributed by atoms with E-state index in [1.807, 2.05) is 0 Å². The monoisotopic (exact) mass is 251 g/mol. The lowest BCUT2D eigenvalue weighted by atomic mass is 10.1. The lowest BCUT2D eigenvalue weighted by Crippen LogP contribution is -2.17. The van der Waals surface area contributed by atoms with Crippen LogP contribution in [0.2, 0.25) is 0 Å². The van der Waals surface area contributed by atoms with Crippen molar-refractivity contribution in [1.82, 2.24) is 0 Å². The number of amides is 1. The first-order valence-corrected chi connectivity index (χ1v) is 6.97. The van der Waals surface area contributed by atoms with Gasteiger partial charge in [0, 0.05) is 18.7 Å². The van der Waals surface area contributed by atoms with Crippen LogP contribution >= 0.6 is 11.3 Å². The van der Waals surface area contributed by atoms with Gasteiger partial charge in [-0.3, -0.25) is 4.79 Å². The largest absolute Gasteiger partial charge is 0.397 e. The average Bonchev–Trinajstić information content (AvgIpc) is 2.86. The molecule has 1 aromatic heterocycles. The molecule has 0 spiro atoms. The van der Waals surface area contributed by atoms with Crippen LogP contribution < -0.4 is 16.4 Å². The molecule has 1 aliphatic carbocycles. The van der Waals surface area contributed by atoms with Crippen LogP contribution in [-0.4, -0.2) is 19.0 Å². The van der Waals surface area contributed by atoms with E-state index in [1.54, 1.807) is 0 Å². The van der Waals surface area contributed by atoms with Gasteiger partial charge in [-0.1, -0.05) is 0 Å². The lowest BCUT2D eigenvalue weighted by Gasteiger charge is -2.17. The van der Waals surface area contributed by atoms with E-state index in [4.69, 9.17) is 11.5 Å². The summed E-state index contributed by atoms with van der Waals surface area (Å²) in [7, 11) is 0. The number of primary amides is 1. The summed E-state index contributed by atoms with van der Waals surface area (Å²) in [5, 5.41) is 1.20. The van der Waals surface area contributed by atoms with Crippen LogP contribution in [0.1, 0.15) is 46.8 Å². The van der Waals surface area contributed by atoms with Gasteiger partial charge in [0.25, 0.3) is 5.91 Å². The Labute approximate surface area is 105 Å². The van der Waals surface area contributed by atoms with E-state index in [0.717, 1.165) is 13.1 Å². The molecule has 0 atom stereocenters. The summed E-state index contributed by atoms with van der Waals surface area (Å²) < 4.78 is 0. The number of carbonyl (C=O) groups is 1. The number of rotatable bonds is 3. The predicted octanol–water partition coefficient (Wildman–Crippen LogP) is 1.91. The van der Waals surface area contributed by atoms with Crippen molar-refractivity contribution in [2.75, 3.05) is 23.7 Å². The average molecular weight is 251 g/mol. The summed E-state index contributed by atoms with van der Waals surface area (Å²) in [5.74, 6) is 0.176. The molecule has 1 aliphatic heterocycles. The van der Waals surface area contributed by atoms with Crippen molar-refractivity contribution in [3.63, 3.8) is 0 Å². The van der Waals surface area contributed by atoms with Crippen molar-refractivity contribution in [2.45, 2.75) is 31.6 Å². The molecule has 1 amide bonds. The third kappa shape index (κ3) is 1.78. The van der Waals surface area contributed by atoms with Crippen molar-refractivity contribution in [1.29, 1.82) is 0 Å². The minimum absolute atomic E-state index is 0.389. The molecule has 2 aliphatic rings. The second-order valence-electron chi connectivity index (χ2n) is 4.90. The maximum Gasteiger partial charge on any atom is 0.260 e. The van der Waals surface area contributed by atoms with E-state index >= 15 is 0 Å². The Balaban J connectivity index is 2.05. The zero-order valence-electron chi connectivity index (χ0n) is 9.74. The van der Waals surface area contributed by atoms with Gasteiger partial charge in [-0.2, -0.15) is 0 Å². The topological polar surface area (TPSA) is 72.4 Å². The minimum Gasteiger partial charge on any atom is -0.397 e. The highest BCUT2D eigenvalue weighted by atomic mass is 32.1. The molecule has 1 saturated heterocycles. The van der Waals surface area contributed by atoms with Gasteiger partial charge < -0.3 is 16.4 Å². The normalized spacial score (nSPS) is 19.9. The van der Waals surface area contributed by atoms with E-state index in [-0.39, 0.29) is 5.91 Å². The van der Waals surface area contributed by atoms with Crippen molar-refractivity contribution >= 4 is 27.9 Å². The van der Waals surface area contributed by atoms with E-state index in [1.165, 1.54) is 47.6 Å². The summed E-state index contributed by atoms with van der Waals surface area (Å²) in [5.41, 5.74) is 13.3. The van der Waals surface area contributed by atoms with Gasteiger partial charge in [-0.25, -0.2) is 0 Å². The third-order valence-corrected chi connectivity index (χ3v) is 4.86. The number of nitrogen functional groups attached to an aromatic ring is 1. The Bertz CT molecular complexity index is 459. The highest BCUT2D eigenvalue weighted by Crippen LogP contribution is 2.52. The van der Waals surface area contributed by atoms with Crippen molar-refractivity contribution < 1.29 is 4.79 Å². The standard InChI is InChI=1S/C12H17N3OS/c13-9-8(7-3-4-7)12(15-5-1-2-6-15)17-10(9)11(14)16/h7H,1-6,13H2,(H2,14,16). The molecule has 5 heteroatoms. The van der Waals surface area contributed by atoms with Crippen LogP contribution in [-0.2, 0) is 0 Å². The maximum atomic E-state index is 11.4. The maximum absolute atomic E-state index is 11.4. The second-order valence-corrected chi connectivity index (χ2v) is 5.90. The van der Waals surface area contributed by atoms with E-state index in [9.17, 15) is 4.79 Å². The van der Waals surface area contributed by atoms with Crippen molar-refractivity contribution in [3.8, 4) is 0 Å². The molecule has 3 rings (SSSR count). The van der Waals surface area contributed by atoms with Gasteiger partial charge in [-0.05, 0) is 31.6 Å². The molecule has 0 bridgehead atoms. The fourth-order valence-electron chi connectivity index (χ4n) is 2.55. The second kappa shape index (κ2) is 3.91. The first kappa shape index (κ1) is 10.9. The minimum atomic E-state index is -0.389. The van der Waals surface area contributed by atoms with Crippen LogP contribution in [0.3, 0.4) is 0 Å². The molecule has 0 unspecified atom stereocenters. The van der Waals surface area contributed by atoms with Gasteiger partial charge in [0.2, 0.25) is 0 Å². The molecule has 1 saturated carbocycles. The van der Waals surface area contributed by atoms with Gasteiger partial charge in [0.15, 0.2) is 0 Å². The Hall–Kier alpha value is -1.23. The molecular weight excluding hydrogens is 234 g/mol. The summed E-state index contributed by atoms with van der Waals surface area (Å²) in [6.45, 7) is 2.16. The molecule has 92 valence electrons. The number of nitrogens with two attached hydrogens (primary N) is 2. The molecule has 1 aromatic rings. The smallest absolute Gasteiger partial charge is 0.260 e. The van der Waals surface area contributed by atoms with Crippen LogP contribution in [0.15, 0.2) is 0 Å². The summed E-state index contributed by atoms with van der Waals surface area (Å²) >= 11 is 1.49. The molecular formula is C12H17N3OS. The zero-order chi connectivity index (χ0) is 12.0. The number of thiophene rings is 1.